The second-order valence-corrected chi connectivity index (χ2v) is 9.13. The predicted molar refractivity (Wildman–Crippen MR) is 165 cm³/mol. The van der Waals surface area contributed by atoms with Crippen LogP contribution in [-0.4, -0.2) is 125 Å². The Kier molecular flexibility index (Phi) is 27.6. The van der Waals surface area contributed by atoms with Crippen LogP contribution in [0.5, 0.6) is 0 Å². The van der Waals surface area contributed by atoms with E-state index in [4.69, 9.17) is 43.6 Å². The summed E-state index contributed by atoms with van der Waals surface area (Å²) in [5.74, 6) is 0. The molecule has 42 heavy (non-hydrogen) atoms. The molecule has 0 amide bonds. The molecule has 2 N–H and O–H groups in total. The van der Waals surface area contributed by atoms with Crippen LogP contribution in [0.15, 0.2) is 60.7 Å². The zero-order chi connectivity index (χ0) is 30.2. The molecule has 0 heterocycles. The molecule has 240 valence electrons. The van der Waals surface area contributed by atoms with E-state index in [1.807, 2.05) is 0 Å². The first kappa shape index (κ1) is 38.1. The van der Waals surface area contributed by atoms with Gasteiger partial charge in [0.05, 0.1) is 92.5 Å². The second-order valence-electron chi connectivity index (χ2n) is 9.13. The Morgan fingerprint density at radius 2 is 0.786 bits per heavy atom. The molecule has 2 aromatic carbocycles. The molecule has 0 radical (unpaired) electrons. The maximum Gasteiger partial charge on any atom is 0.0701 e. The van der Waals surface area contributed by atoms with Gasteiger partial charge in [-0.1, -0.05) is 60.7 Å². The van der Waals surface area contributed by atoms with Crippen LogP contribution in [0.4, 0.5) is 0 Å². The smallest absolute Gasteiger partial charge is 0.0701 e. The molecule has 0 fully saturated rings. The van der Waals surface area contributed by atoms with Crippen LogP contribution < -0.4 is 5.73 Å². The van der Waals surface area contributed by atoms with E-state index in [2.05, 4.69) is 65.6 Å². The van der Waals surface area contributed by atoms with Gasteiger partial charge < -0.3 is 43.6 Å². The Hall–Kier alpha value is -1.96. The first-order valence-electron chi connectivity index (χ1n) is 14.7. The minimum Gasteiger partial charge on any atom is -0.382 e. The van der Waals surface area contributed by atoms with Gasteiger partial charge in [-0.2, -0.15) is 0 Å². The highest BCUT2D eigenvalue weighted by atomic mass is 16.6. The normalized spacial score (nSPS) is 11.0. The van der Waals surface area contributed by atoms with Crippen molar-refractivity contribution in [1.29, 1.82) is 0 Å². The number of benzene rings is 2. The van der Waals surface area contributed by atoms with Crippen molar-refractivity contribution in [2.75, 3.05) is 120 Å². The Morgan fingerprint density at radius 1 is 0.452 bits per heavy atom. The van der Waals surface area contributed by atoms with Crippen molar-refractivity contribution in [1.82, 2.24) is 4.90 Å². The van der Waals surface area contributed by atoms with Crippen LogP contribution in [0, 0.1) is 0 Å². The second kappa shape index (κ2) is 30.5. The zero-order valence-electron chi connectivity index (χ0n) is 25.8. The van der Waals surface area contributed by atoms with Gasteiger partial charge in [0, 0.05) is 40.4 Å². The van der Waals surface area contributed by atoms with E-state index in [0.717, 1.165) is 19.6 Å². The highest BCUT2D eigenvalue weighted by molar-refractivity contribution is 5.17. The number of nitrogens with two attached hydrogens (primary N) is 1. The Labute approximate surface area is 253 Å². The Balaban J connectivity index is 0.000000532. The molecule has 0 saturated heterocycles. The molecule has 0 aliphatic rings. The quantitative estimate of drug-likeness (QED) is 0.155. The van der Waals surface area contributed by atoms with Crippen molar-refractivity contribution in [3.05, 3.63) is 71.8 Å². The maximum atomic E-state index is 5.76. The van der Waals surface area contributed by atoms with Crippen LogP contribution in [0.2, 0.25) is 0 Å². The molecule has 0 atom stereocenters. The van der Waals surface area contributed by atoms with Gasteiger partial charge in [0.1, 0.15) is 0 Å². The fourth-order valence-corrected chi connectivity index (χ4v) is 3.54. The first-order valence-corrected chi connectivity index (χ1v) is 14.7. The summed E-state index contributed by atoms with van der Waals surface area (Å²) >= 11 is 0. The highest BCUT2D eigenvalue weighted by Crippen LogP contribution is 2.09. The van der Waals surface area contributed by atoms with Crippen LogP contribution >= 0.6 is 0 Å². The van der Waals surface area contributed by atoms with Gasteiger partial charge in [0.25, 0.3) is 0 Å². The van der Waals surface area contributed by atoms with Gasteiger partial charge in [0.2, 0.25) is 0 Å². The van der Waals surface area contributed by atoms with Gasteiger partial charge in [0.15, 0.2) is 0 Å². The molecular weight excluding hydrogens is 540 g/mol. The van der Waals surface area contributed by atoms with Crippen LogP contribution in [0.1, 0.15) is 11.1 Å². The molecule has 0 unspecified atom stereocenters. The third-order valence-corrected chi connectivity index (χ3v) is 5.66. The average molecular weight is 595 g/mol. The topological polar surface area (TPSA) is 103 Å². The van der Waals surface area contributed by atoms with Gasteiger partial charge in [-0.15, -0.1) is 0 Å². The summed E-state index contributed by atoms with van der Waals surface area (Å²) in [5, 5.41) is 0. The first-order chi connectivity index (χ1) is 20.8. The number of hydrogen-bond donors (Lipinski definition) is 1. The fourth-order valence-electron chi connectivity index (χ4n) is 3.54. The molecule has 0 aromatic heterocycles. The predicted octanol–water partition coefficient (Wildman–Crippen LogP) is 3.03. The number of hydrogen-bond acceptors (Lipinski definition) is 10. The number of methoxy groups -OCH3 is 2. The van der Waals surface area contributed by atoms with Crippen molar-refractivity contribution in [2.45, 2.75) is 13.1 Å². The van der Waals surface area contributed by atoms with E-state index >= 15 is 0 Å². The maximum absolute atomic E-state index is 5.76. The summed E-state index contributed by atoms with van der Waals surface area (Å²) in [6, 6.07) is 21.1. The fraction of sp³-hybridized carbons (Fsp3) is 0.625. The zero-order valence-corrected chi connectivity index (χ0v) is 25.8. The van der Waals surface area contributed by atoms with E-state index in [1.165, 1.54) is 11.1 Å². The van der Waals surface area contributed by atoms with E-state index in [9.17, 15) is 0 Å². The summed E-state index contributed by atoms with van der Waals surface area (Å²) in [6.45, 7) is 11.7. The Morgan fingerprint density at radius 3 is 1.14 bits per heavy atom. The number of ether oxygens (including phenoxy) is 8. The lowest BCUT2D eigenvalue weighted by Gasteiger charge is -2.22. The molecule has 2 rings (SSSR count). The summed E-state index contributed by atoms with van der Waals surface area (Å²) in [5.41, 5.74) is 7.87. The van der Waals surface area contributed by atoms with Gasteiger partial charge in [-0.25, -0.2) is 0 Å². The summed E-state index contributed by atoms with van der Waals surface area (Å²) < 4.78 is 41.9. The number of nitrogens with zero attached hydrogens (tertiary/aromatic N) is 1. The molecule has 0 aliphatic carbocycles. The molecule has 0 spiro atoms. The molecule has 0 aliphatic heterocycles. The van der Waals surface area contributed by atoms with Crippen LogP contribution in [0.3, 0.4) is 0 Å². The average Bonchev–Trinajstić information content (AvgIpc) is 3.02. The highest BCUT2D eigenvalue weighted by Gasteiger charge is 2.07. The lowest BCUT2D eigenvalue weighted by atomic mass is 10.1. The van der Waals surface area contributed by atoms with E-state index < -0.39 is 0 Å². The lowest BCUT2D eigenvalue weighted by molar-refractivity contribution is 0.000510. The Bertz CT molecular complexity index is 735. The summed E-state index contributed by atoms with van der Waals surface area (Å²) in [7, 11) is 3.31. The van der Waals surface area contributed by atoms with Crippen molar-refractivity contribution in [3.8, 4) is 0 Å². The van der Waals surface area contributed by atoms with Gasteiger partial charge >= 0.3 is 0 Å². The summed E-state index contributed by atoms with van der Waals surface area (Å²) in [4.78, 5) is 2.41. The SMILES string of the molecule is COCCOCCOCCOCCN.COCCOCCOCCOCCN(Cc1ccccc1)Cc1ccccc1. The number of rotatable bonds is 27. The van der Waals surface area contributed by atoms with E-state index in [0.29, 0.717) is 99.0 Å². The molecule has 2 aromatic rings. The standard InChI is InChI=1S/C23H33NO4.C9H21NO4/c1-25-14-15-27-18-19-28-17-16-26-13-12-24(20-22-8-4-2-5-9-22)21-23-10-6-3-7-11-23;1-11-4-5-13-8-9-14-7-6-12-3-2-10/h2-11H,12-21H2,1H3;2-10H2,1H3. The molecule has 0 saturated carbocycles. The van der Waals surface area contributed by atoms with Crippen molar-refractivity contribution < 1.29 is 37.9 Å². The minimum absolute atomic E-state index is 0.556. The molecule has 10 heteroatoms. The van der Waals surface area contributed by atoms with E-state index in [-0.39, 0.29) is 0 Å². The molecule has 10 nitrogen and oxygen atoms in total. The summed E-state index contributed by atoms with van der Waals surface area (Å²) in [6.07, 6.45) is 0. The van der Waals surface area contributed by atoms with Crippen LogP contribution in [0.25, 0.3) is 0 Å². The molecule has 0 bridgehead atoms. The van der Waals surface area contributed by atoms with Crippen molar-refractivity contribution in [2.24, 2.45) is 5.73 Å². The third kappa shape index (κ3) is 24.6. The van der Waals surface area contributed by atoms with E-state index in [1.54, 1.807) is 14.2 Å². The lowest BCUT2D eigenvalue weighted by Crippen LogP contribution is -2.27. The minimum atomic E-state index is 0.556. The molecular formula is C32H54N2O8. The monoisotopic (exact) mass is 594 g/mol. The third-order valence-electron chi connectivity index (χ3n) is 5.66. The van der Waals surface area contributed by atoms with Gasteiger partial charge in [-0.05, 0) is 11.1 Å². The largest absolute Gasteiger partial charge is 0.382 e. The van der Waals surface area contributed by atoms with Crippen molar-refractivity contribution >= 4 is 0 Å². The van der Waals surface area contributed by atoms with Crippen molar-refractivity contribution in [3.63, 3.8) is 0 Å². The van der Waals surface area contributed by atoms with Gasteiger partial charge in [-0.3, -0.25) is 4.90 Å². The van der Waals surface area contributed by atoms with Crippen LogP contribution in [-0.2, 0) is 51.0 Å².